The monoisotopic (exact) mass is 267 g/mol. The van der Waals surface area contributed by atoms with Crippen molar-refractivity contribution in [2.24, 2.45) is 0 Å². The molecule has 1 heterocycles. The number of hydrogen-bond acceptors (Lipinski definition) is 3. The van der Waals surface area contributed by atoms with E-state index >= 15 is 0 Å². The van der Waals surface area contributed by atoms with E-state index in [0.717, 1.165) is 17.8 Å². The SMILES string of the molecule is Nc1cc(C(F)(F)F)cnc1NCc1ccccc1. The zero-order valence-electron chi connectivity index (χ0n) is 9.91. The van der Waals surface area contributed by atoms with Crippen molar-refractivity contribution >= 4 is 11.5 Å². The van der Waals surface area contributed by atoms with Crippen LogP contribution in [0.5, 0.6) is 0 Å². The van der Waals surface area contributed by atoms with Crippen molar-refractivity contribution in [3.05, 3.63) is 53.7 Å². The Morgan fingerprint density at radius 1 is 1.16 bits per heavy atom. The first-order valence-electron chi connectivity index (χ1n) is 5.57. The topological polar surface area (TPSA) is 50.9 Å². The number of nitrogens with zero attached hydrogens (tertiary/aromatic N) is 1. The van der Waals surface area contributed by atoms with Crippen LogP contribution in [0.1, 0.15) is 11.1 Å². The third kappa shape index (κ3) is 3.37. The van der Waals surface area contributed by atoms with Crippen molar-refractivity contribution in [1.29, 1.82) is 0 Å². The Morgan fingerprint density at radius 3 is 2.42 bits per heavy atom. The number of pyridine rings is 1. The fraction of sp³-hybridized carbons (Fsp3) is 0.154. The maximum Gasteiger partial charge on any atom is 0.417 e. The van der Waals surface area contributed by atoms with Gasteiger partial charge in [-0.05, 0) is 11.6 Å². The molecular formula is C13H12F3N3. The van der Waals surface area contributed by atoms with Crippen LogP contribution in [-0.2, 0) is 12.7 Å². The minimum atomic E-state index is -4.43. The van der Waals surface area contributed by atoms with Gasteiger partial charge in [-0.1, -0.05) is 30.3 Å². The fourth-order valence-electron chi connectivity index (χ4n) is 1.57. The summed E-state index contributed by atoms with van der Waals surface area (Å²) in [5, 5.41) is 2.90. The molecule has 0 radical (unpaired) electrons. The van der Waals surface area contributed by atoms with Gasteiger partial charge >= 0.3 is 6.18 Å². The van der Waals surface area contributed by atoms with Crippen molar-refractivity contribution in [1.82, 2.24) is 4.98 Å². The van der Waals surface area contributed by atoms with Crippen molar-refractivity contribution in [2.75, 3.05) is 11.1 Å². The predicted molar refractivity (Wildman–Crippen MR) is 67.4 cm³/mol. The van der Waals surface area contributed by atoms with Gasteiger partial charge in [0.1, 0.15) is 5.82 Å². The van der Waals surface area contributed by atoms with Crippen molar-refractivity contribution in [3.8, 4) is 0 Å². The van der Waals surface area contributed by atoms with Gasteiger partial charge in [0.05, 0.1) is 11.3 Å². The molecule has 0 unspecified atom stereocenters. The van der Waals surface area contributed by atoms with Crippen LogP contribution >= 0.6 is 0 Å². The van der Waals surface area contributed by atoms with E-state index in [1.807, 2.05) is 30.3 Å². The van der Waals surface area contributed by atoms with E-state index < -0.39 is 11.7 Å². The van der Waals surface area contributed by atoms with Crippen LogP contribution in [0.25, 0.3) is 0 Å². The molecule has 0 aliphatic heterocycles. The first-order valence-corrected chi connectivity index (χ1v) is 5.57. The lowest BCUT2D eigenvalue weighted by Crippen LogP contribution is -2.09. The first-order chi connectivity index (χ1) is 8.97. The summed E-state index contributed by atoms with van der Waals surface area (Å²) in [5.41, 5.74) is 5.67. The Labute approximate surface area is 108 Å². The number of nitrogens with two attached hydrogens (primary N) is 1. The Morgan fingerprint density at radius 2 is 1.84 bits per heavy atom. The molecule has 100 valence electrons. The number of alkyl halides is 3. The Bertz CT molecular complexity index is 553. The molecule has 1 aromatic heterocycles. The molecule has 1 aromatic carbocycles. The fourth-order valence-corrected chi connectivity index (χ4v) is 1.57. The van der Waals surface area contributed by atoms with Gasteiger partial charge in [-0.15, -0.1) is 0 Å². The van der Waals surface area contributed by atoms with Crippen LogP contribution in [0.4, 0.5) is 24.7 Å². The quantitative estimate of drug-likeness (QED) is 0.897. The second-order valence-electron chi connectivity index (χ2n) is 4.00. The predicted octanol–water partition coefficient (Wildman–Crippen LogP) is 3.29. The number of nitrogens with one attached hydrogen (secondary N) is 1. The van der Waals surface area contributed by atoms with Gasteiger partial charge in [0.15, 0.2) is 0 Å². The van der Waals surface area contributed by atoms with E-state index in [1.165, 1.54) is 0 Å². The third-order valence-electron chi connectivity index (χ3n) is 2.55. The van der Waals surface area contributed by atoms with E-state index in [1.54, 1.807) is 0 Å². The second kappa shape index (κ2) is 5.17. The maximum atomic E-state index is 12.4. The number of hydrogen-bond donors (Lipinski definition) is 2. The normalized spacial score (nSPS) is 11.3. The Hall–Kier alpha value is -2.24. The standard InChI is InChI=1S/C13H12F3N3/c14-13(15,16)10-6-11(17)12(19-8-10)18-7-9-4-2-1-3-5-9/h1-6,8H,7,17H2,(H,18,19). The summed E-state index contributed by atoms with van der Waals surface area (Å²) < 4.78 is 37.3. The van der Waals surface area contributed by atoms with Crippen molar-refractivity contribution in [2.45, 2.75) is 12.7 Å². The van der Waals surface area contributed by atoms with Crippen LogP contribution in [0.2, 0.25) is 0 Å². The summed E-state index contributed by atoms with van der Waals surface area (Å²) in [6.07, 6.45) is -3.66. The Kier molecular flexibility index (Phi) is 3.59. The van der Waals surface area contributed by atoms with Crippen LogP contribution in [0, 0.1) is 0 Å². The molecule has 0 aliphatic rings. The highest BCUT2D eigenvalue weighted by molar-refractivity contribution is 5.62. The lowest BCUT2D eigenvalue weighted by Gasteiger charge is -2.11. The molecule has 0 amide bonds. The average molecular weight is 267 g/mol. The van der Waals surface area contributed by atoms with Crippen molar-refractivity contribution in [3.63, 3.8) is 0 Å². The highest BCUT2D eigenvalue weighted by Crippen LogP contribution is 2.31. The summed E-state index contributed by atoms with van der Waals surface area (Å²) in [6.45, 7) is 0.448. The minimum Gasteiger partial charge on any atom is -0.396 e. The summed E-state index contributed by atoms with van der Waals surface area (Å²) in [6, 6.07) is 10.3. The van der Waals surface area contributed by atoms with Gasteiger partial charge in [0.25, 0.3) is 0 Å². The van der Waals surface area contributed by atoms with Gasteiger partial charge in [0.2, 0.25) is 0 Å². The minimum absolute atomic E-state index is 0.0224. The van der Waals surface area contributed by atoms with E-state index in [9.17, 15) is 13.2 Å². The molecule has 2 rings (SSSR count). The summed E-state index contributed by atoms with van der Waals surface area (Å²) in [5.74, 6) is 0.247. The second-order valence-corrected chi connectivity index (χ2v) is 4.00. The number of benzene rings is 1. The molecule has 2 aromatic rings. The van der Waals surface area contributed by atoms with Crippen LogP contribution in [-0.4, -0.2) is 4.98 Å². The van der Waals surface area contributed by atoms with Gasteiger partial charge in [0, 0.05) is 12.7 Å². The maximum absolute atomic E-state index is 12.4. The third-order valence-corrected chi connectivity index (χ3v) is 2.55. The molecule has 0 saturated heterocycles. The van der Waals surface area contributed by atoms with Crippen molar-refractivity contribution < 1.29 is 13.2 Å². The van der Waals surface area contributed by atoms with E-state index in [-0.39, 0.29) is 11.5 Å². The zero-order valence-corrected chi connectivity index (χ0v) is 9.91. The zero-order chi connectivity index (χ0) is 13.9. The van der Waals surface area contributed by atoms with E-state index in [2.05, 4.69) is 10.3 Å². The smallest absolute Gasteiger partial charge is 0.396 e. The molecule has 0 fully saturated rings. The molecule has 6 heteroatoms. The van der Waals surface area contributed by atoms with Gasteiger partial charge in [-0.3, -0.25) is 0 Å². The number of rotatable bonds is 3. The van der Waals surface area contributed by atoms with Crippen LogP contribution in [0.3, 0.4) is 0 Å². The molecule has 3 N–H and O–H groups in total. The number of anilines is 2. The van der Waals surface area contributed by atoms with Gasteiger partial charge in [-0.25, -0.2) is 4.98 Å². The average Bonchev–Trinajstić information content (AvgIpc) is 2.37. The lowest BCUT2D eigenvalue weighted by molar-refractivity contribution is -0.137. The Balaban J connectivity index is 2.10. The van der Waals surface area contributed by atoms with E-state index in [4.69, 9.17) is 5.73 Å². The van der Waals surface area contributed by atoms with Crippen LogP contribution < -0.4 is 11.1 Å². The van der Waals surface area contributed by atoms with Crippen LogP contribution in [0.15, 0.2) is 42.6 Å². The highest BCUT2D eigenvalue weighted by Gasteiger charge is 2.31. The first kappa shape index (κ1) is 13.2. The molecule has 0 saturated carbocycles. The van der Waals surface area contributed by atoms with Gasteiger partial charge in [-0.2, -0.15) is 13.2 Å². The molecule has 0 spiro atoms. The molecule has 19 heavy (non-hydrogen) atoms. The molecule has 0 aliphatic carbocycles. The van der Waals surface area contributed by atoms with E-state index in [0.29, 0.717) is 6.54 Å². The molecule has 0 bridgehead atoms. The number of halogens is 3. The lowest BCUT2D eigenvalue weighted by atomic mass is 10.2. The van der Waals surface area contributed by atoms with Gasteiger partial charge < -0.3 is 11.1 Å². The molecular weight excluding hydrogens is 255 g/mol. The molecule has 3 nitrogen and oxygen atoms in total. The summed E-state index contributed by atoms with van der Waals surface area (Å²) in [4.78, 5) is 3.70. The summed E-state index contributed by atoms with van der Waals surface area (Å²) in [7, 11) is 0. The largest absolute Gasteiger partial charge is 0.417 e. The summed E-state index contributed by atoms with van der Waals surface area (Å²) >= 11 is 0. The highest BCUT2D eigenvalue weighted by atomic mass is 19.4. The number of aromatic nitrogens is 1. The number of nitrogen functional groups attached to an aromatic ring is 1. The molecule has 0 atom stereocenters.